The van der Waals surface area contributed by atoms with E-state index >= 15 is 0 Å². The van der Waals surface area contributed by atoms with Crippen LogP contribution in [0.1, 0.15) is 23.3 Å². The van der Waals surface area contributed by atoms with E-state index in [0.717, 1.165) is 0 Å². The molecule has 1 amide bonds. The Balaban J connectivity index is 2.17. The van der Waals surface area contributed by atoms with E-state index in [1.165, 1.54) is 35.5 Å². The van der Waals surface area contributed by atoms with Crippen LogP contribution in [0.4, 0.5) is 5.69 Å². The van der Waals surface area contributed by atoms with Crippen molar-refractivity contribution in [1.29, 1.82) is 0 Å². The number of amides is 1. The summed E-state index contributed by atoms with van der Waals surface area (Å²) in [7, 11) is 0. The van der Waals surface area contributed by atoms with Crippen LogP contribution in [0.15, 0.2) is 30.9 Å². The summed E-state index contributed by atoms with van der Waals surface area (Å²) in [5.41, 5.74) is 0.313. The Morgan fingerprint density at radius 2 is 2.15 bits per heavy atom. The fourth-order valence-corrected chi connectivity index (χ4v) is 1.80. The molecule has 0 fully saturated rings. The van der Waals surface area contributed by atoms with Gasteiger partial charge in [-0.1, -0.05) is 11.6 Å². The van der Waals surface area contributed by atoms with Crippen LogP contribution in [0.5, 0.6) is 0 Å². The van der Waals surface area contributed by atoms with Gasteiger partial charge in [-0.25, -0.2) is 14.5 Å². The van der Waals surface area contributed by atoms with Crippen molar-refractivity contribution < 1.29 is 14.7 Å². The van der Waals surface area contributed by atoms with E-state index in [1.54, 1.807) is 6.92 Å². The minimum Gasteiger partial charge on any atom is -0.478 e. The average Bonchev–Trinajstić information content (AvgIpc) is 2.90. The maximum Gasteiger partial charge on any atom is 0.335 e. The number of benzene rings is 1. The third-order valence-corrected chi connectivity index (χ3v) is 2.84. The number of halogens is 1. The summed E-state index contributed by atoms with van der Waals surface area (Å²) in [5.74, 6) is -1.47. The smallest absolute Gasteiger partial charge is 0.335 e. The number of rotatable bonds is 4. The molecule has 1 unspecified atom stereocenters. The van der Waals surface area contributed by atoms with Crippen molar-refractivity contribution in [3.05, 3.63) is 41.4 Å². The van der Waals surface area contributed by atoms with E-state index in [-0.39, 0.29) is 16.5 Å². The monoisotopic (exact) mass is 294 g/mol. The van der Waals surface area contributed by atoms with Crippen LogP contribution in [0, 0.1) is 0 Å². The SMILES string of the molecule is CC(C(=O)Nc1cc(Cl)cc(C(=O)O)c1)n1cncn1. The lowest BCUT2D eigenvalue weighted by molar-refractivity contribution is -0.119. The number of carboxylic acid groups (broad SMARTS) is 1. The second-order valence-electron chi connectivity index (χ2n) is 4.07. The molecule has 0 saturated heterocycles. The van der Waals surface area contributed by atoms with Crippen molar-refractivity contribution in [3.8, 4) is 0 Å². The highest BCUT2D eigenvalue weighted by Gasteiger charge is 2.16. The summed E-state index contributed by atoms with van der Waals surface area (Å²) in [6.45, 7) is 1.65. The van der Waals surface area contributed by atoms with Gasteiger partial charge in [-0.3, -0.25) is 4.79 Å². The molecule has 0 bridgehead atoms. The Bertz CT molecular complexity index is 642. The third kappa shape index (κ3) is 3.12. The number of carboxylic acids is 1. The van der Waals surface area contributed by atoms with Crippen LogP contribution >= 0.6 is 11.6 Å². The minimum atomic E-state index is -1.12. The van der Waals surface area contributed by atoms with Crippen LogP contribution in [0.25, 0.3) is 0 Å². The van der Waals surface area contributed by atoms with Gasteiger partial charge in [-0.05, 0) is 25.1 Å². The van der Waals surface area contributed by atoms with Gasteiger partial charge in [0.1, 0.15) is 18.7 Å². The van der Waals surface area contributed by atoms with Crippen LogP contribution < -0.4 is 5.32 Å². The van der Waals surface area contributed by atoms with Crippen molar-refractivity contribution in [2.45, 2.75) is 13.0 Å². The number of hydrogen-bond donors (Lipinski definition) is 2. The predicted octanol–water partition coefficient (Wildman–Crippen LogP) is 1.83. The summed E-state index contributed by atoms with van der Waals surface area (Å²) >= 11 is 5.81. The first-order valence-corrected chi connectivity index (χ1v) is 6.04. The molecule has 0 aliphatic heterocycles. The van der Waals surface area contributed by atoms with Crippen molar-refractivity contribution >= 4 is 29.2 Å². The molecule has 0 saturated carbocycles. The summed E-state index contributed by atoms with van der Waals surface area (Å²) in [6.07, 6.45) is 2.75. The zero-order valence-electron chi connectivity index (χ0n) is 10.4. The molecule has 1 atom stereocenters. The average molecular weight is 295 g/mol. The van der Waals surface area contributed by atoms with E-state index in [2.05, 4.69) is 15.4 Å². The summed E-state index contributed by atoms with van der Waals surface area (Å²) in [6, 6.07) is 3.53. The lowest BCUT2D eigenvalue weighted by Crippen LogP contribution is -2.24. The first-order valence-electron chi connectivity index (χ1n) is 5.66. The minimum absolute atomic E-state index is 0.00112. The van der Waals surface area contributed by atoms with Crippen molar-refractivity contribution in [2.24, 2.45) is 0 Å². The van der Waals surface area contributed by atoms with Gasteiger partial charge in [0.25, 0.3) is 0 Å². The van der Waals surface area contributed by atoms with Gasteiger partial charge in [-0.15, -0.1) is 0 Å². The molecule has 7 nitrogen and oxygen atoms in total. The van der Waals surface area contributed by atoms with Gasteiger partial charge in [0.05, 0.1) is 5.56 Å². The summed E-state index contributed by atoms with van der Waals surface area (Å²) < 4.78 is 1.39. The number of anilines is 1. The largest absolute Gasteiger partial charge is 0.478 e. The fraction of sp³-hybridized carbons (Fsp3) is 0.167. The highest BCUT2D eigenvalue weighted by molar-refractivity contribution is 6.31. The molecule has 1 heterocycles. The lowest BCUT2D eigenvalue weighted by Gasteiger charge is -2.12. The van der Waals surface area contributed by atoms with Gasteiger partial charge < -0.3 is 10.4 Å². The molecule has 2 aromatic rings. The Morgan fingerprint density at radius 3 is 2.75 bits per heavy atom. The zero-order valence-corrected chi connectivity index (χ0v) is 11.2. The number of aromatic carboxylic acids is 1. The van der Waals surface area contributed by atoms with Crippen LogP contribution in [0.3, 0.4) is 0 Å². The molecule has 104 valence electrons. The molecule has 0 aliphatic rings. The van der Waals surface area contributed by atoms with Gasteiger partial charge in [0, 0.05) is 10.7 Å². The molecule has 1 aromatic heterocycles. The third-order valence-electron chi connectivity index (χ3n) is 2.63. The van der Waals surface area contributed by atoms with Gasteiger partial charge in [-0.2, -0.15) is 5.10 Å². The van der Waals surface area contributed by atoms with Gasteiger partial charge in [0.15, 0.2) is 0 Å². The van der Waals surface area contributed by atoms with Crippen molar-refractivity contribution in [3.63, 3.8) is 0 Å². The molecule has 2 N–H and O–H groups in total. The molecule has 2 rings (SSSR count). The van der Waals surface area contributed by atoms with Gasteiger partial charge >= 0.3 is 5.97 Å². The normalized spacial score (nSPS) is 11.9. The summed E-state index contributed by atoms with van der Waals surface area (Å²) in [5, 5.41) is 15.6. The number of aromatic nitrogens is 3. The highest BCUT2D eigenvalue weighted by Crippen LogP contribution is 2.20. The second kappa shape index (κ2) is 5.70. The Kier molecular flexibility index (Phi) is 3.99. The molecule has 0 aliphatic carbocycles. The van der Waals surface area contributed by atoms with Crippen LogP contribution in [0.2, 0.25) is 5.02 Å². The van der Waals surface area contributed by atoms with E-state index in [9.17, 15) is 9.59 Å². The fourth-order valence-electron chi connectivity index (χ4n) is 1.57. The van der Waals surface area contributed by atoms with E-state index in [4.69, 9.17) is 16.7 Å². The second-order valence-corrected chi connectivity index (χ2v) is 4.51. The van der Waals surface area contributed by atoms with Gasteiger partial charge in [0.2, 0.25) is 5.91 Å². The lowest BCUT2D eigenvalue weighted by atomic mass is 10.2. The van der Waals surface area contributed by atoms with Crippen molar-refractivity contribution in [1.82, 2.24) is 14.8 Å². The Hall–Kier alpha value is -2.41. The first-order chi connectivity index (χ1) is 9.47. The number of nitrogens with one attached hydrogen (secondary N) is 1. The van der Waals surface area contributed by atoms with E-state index in [0.29, 0.717) is 5.69 Å². The molecule has 1 aromatic carbocycles. The molecule has 8 heteroatoms. The number of hydrogen-bond acceptors (Lipinski definition) is 4. The maximum atomic E-state index is 12.0. The number of nitrogens with zero attached hydrogens (tertiary/aromatic N) is 3. The highest BCUT2D eigenvalue weighted by atomic mass is 35.5. The molecule has 20 heavy (non-hydrogen) atoms. The molecule has 0 radical (unpaired) electrons. The van der Waals surface area contributed by atoms with E-state index < -0.39 is 12.0 Å². The predicted molar refractivity (Wildman–Crippen MR) is 71.8 cm³/mol. The standard InChI is InChI=1S/C12H11ClN4O3/c1-7(17-6-14-5-15-17)11(18)16-10-3-8(12(19)20)2-9(13)4-10/h2-7H,1H3,(H,16,18)(H,19,20). The molecule has 0 spiro atoms. The van der Waals surface area contributed by atoms with Crippen molar-refractivity contribution in [2.75, 3.05) is 5.32 Å². The van der Waals surface area contributed by atoms with Crippen LogP contribution in [-0.2, 0) is 4.79 Å². The Labute approximate surface area is 119 Å². The van der Waals surface area contributed by atoms with E-state index in [1.807, 2.05) is 0 Å². The zero-order chi connectivity index (χ0) is 14.7. The number of carbonyl (C=O) groups is 2. The number of carbonyl (C=O) groups excluding carboxylic acids is 1. The first kappa shape index (κ1) is 14.0. The molecular formula is C12H11ClN4O3. The topological polar surface area (TPSA) is 97.1 Å². The van der Waals surface area contributed by atoms with Crippen LogP contribution in [-0.4, -0.2) is 31.7 Å². The summed E-state index contributed by atoms with van der Waals surface area (Å²) in [4.78, 5) is 26.7. The maximum absolute atomic E-state index is 12.0. The molecular weight excluding hydrogens is 284 g/mol. The Morgan fingerprint density at radius 1 is 1.40 bits per heavy atom. The quantitative estimate of drug-likeness (QED) is 0.896.